The number of benzene rings is 3. The lowest BCUT2D eigenvalue weighted by Crippen LogP contribution is -2.14. The highest BCUT2D eigenvalue weighted by molar-refractivity contribution is 6.09. The molecule has 0 fully saturated rings. The van der Waals surface area contributed by atoms with Crippen LogP contribution in [0.4, 0.5) is 0 Å². The lowest BCUT2D eigenvalue weighted by atomic mass is 9.87. The van der Waals surface area contributed by atoms with Crippen molar-refractivity contribution in [2.75, 3.05) is 0 Å². The highest BCUT2D eigenvalue weighted by Crippen LogP contribution is 2.36. The van der Waals surface area contributed by atoms with Gasteiger partial charge in [-0.2, -0.15) is 0 Å². The second-order valence-electron chi connectivity index (χ2n) is 14.1. The zero-order valence-electron chi connectivity index (χ0n) is 28.0. The van der Waals surface area contributed by atoms with Gasteiger partial charge < -0.3 is 4.98 Å². The van der Waals surface area contributed by atoms with Gasteiger partial charge in [0.05, 0.1) is 28.1 Å². The Hall–Kier alpha value is -4.90. The van der Waals surface area contributed by atoms with Gasteiger partial charge in [0.1, 0.15) is 5.82 Å². The van der Waals surface area contributed by atoms with Crippen molar-refractivity contribution in [2.45, 2.75) is 72.1 Å². The number of para-hydroxylation sites is 3. The first kappa shape index (κ1) is 29.8. The lowest BCUT2D eigenvalue weighted by Gasteiger charge is -2.21. The number of aromatic nitrogens is 5. The Kier molecular flexibility index (Phi) is 7.43. The first-order valence-electron chi connectivity index (χ1n) is 16.5. The van der Waals surface area contributed by atoms with Crippen LogP contribution in [0.15, 0.2) is 103 Å². The van der Waals surface area contributed by atoms with Crippen LogP contribution in [-0.2, 0) is 11.8 Å². The maximum absolute atomic E-state index is 5.36. The van der Waals surface area contributed by atoms with Crippen LogP contribution < -0.4 is 0 Å². The molecule has 7 rings (SSSR count). The van der Waals surface area contributed by atoms with Gasteiger partial charge in [0.25, 0.3) is 0 Å². The summed E-state index contributed by atoms with van der Waals surface area (Å²) in [6.07, 6.45) is 4.82. The first-order chi connectivity index (χ1) is 22.1. The quantitative estimate of drug-likeness (QED) is 0.196. The maximum Gasteiger partial charge on any atom is 0.161 e. The third-order valence-electron chi connectivity index (χ3n) is 9.08. The molecule has 0 amide bonds. The predicted octanol–water partition coefficient (Wildman–Crippen LogP) is 10.5. The smallest absolute Gasteiger partial charge is 0.161 e. The molecule has 0 saturated heterocycles. The zero-order valence-corrected chi connectivity index (χ0v) is 28.0. The Morgan fingerprint density at radius 3 is 1.89 bits per heavy atom. The third-order valence-corrected chi connectivity index (χ3v) is 9.08. The molecule has 4 heterocycles. The van der Waals surface area contributed by atoms with Crippen molar-refractivity contribution in [2.24, 2.45) is 0 Å². The molecule has 0 bridgehead atoms. The van der Waals surface area contributed by atoms with Crippen LogP contribution in [0.5, 0.6) is 0 Å². The molecule has 5 heteroatoms. The Morgan fingerprint density at radius 2 is 1.33 bits per heavy atom. The number of nitrogens with one attached hydrogen (secondary N) is 1. The highest BCUT2D eigenvalue weighted by Gasteiger charge is 2.23. The average Bonchev–Trinajstić information content (AvgIpc) is 3.78. The summed E-state index contributed by atoms with van der Waals surface area (Å²) < 4.78 is 4.63. The van der Waals surface area contributed by atoms with Gasteiger partial charge in [-0.1, -0.05) is 103 Å². The molecule has 7 aromatic rings. The minimum absolute atomic E-state index is 0.0532. The summed E-state index contributed by atoms with van der Waals surface area (Å²) in [4.78, 5) is 14.1. The summed E-state index contributed by atoms with van der Waals surface area (Å²) in [6, 6.07) is 32.7. The van der Waals surface area contributed by atoms with Crippen molar-refractivity contribution in [3.8, 4) is 23.0 Å². The van der Waals surface area contributed by atoms with Crippen LogP contribution in [0.25, 0.3) is 44.8 Å². The number of imidazole rings is 1. The molecule has 0 atom stereocenters. The molecule has 3 aromatic carbocycles. The molecule has 4 aromatic heterocycles. The van der Waals surface area contributed by atoms with Gasteiger partial charge >= 0.3 is 0 Å². The largest absolute Gasteiger partial charge is 0.359 e. The number of aromatic amines is 1. The molecular formula is C41H43N5. The van der Waals surface area contributed by atoms with E-state index >= 15 is 0 Å². The summed E-state index contributed by atoms with van der Waals surface area (Å²) in [5, 5.41) is 2.48. The summed E-state index contributed by atoms with van der Waals surface area (Å²) in [5.74, 6) is 2.60. The fourth-order valence-corrected chi connectivity index (χ4v) is 6.70. The van der Waals surface area contributed by atoms with Crippen molar-refractivity contribution in [3.05, 3.63) is 131 Å². The summed E-state index contributed by atoms with van der Waals surface area (Å²) in [5.41, 5.74) is 10.4. The molecule has 0 radical (unpaired) electrons. The minimum atomic E-state index is -0.0532. The van der Waals surface area contributed by atoms with Gasteiger partial charge in [0.15, 0.2) is 5.82 Å². The second kappa shape index (κ2) is 11.5. The normalized spacial score (nSPS) is 12.3. The van der Waals surface area contributed by atoms with E-state index in [2.05, 4.69) is 154 Å². The van der Waals surface area contributed by atoms with Gasteiger partial charge in [-0.15, -0.1) is 0 Å². The Balaban J connectivity index is 1.42. The summed E-state index contributed by atoms with van der Waals surface area (Å²) in [6.45, 7) is 15.9. The van der Waals surface area contributed by atoms with Crippen molar-refractivity contribution >= 4 is 21.8 Å². The number of hydrogen-bond acceptors (Lipinski definition) is 2. The molecule has 5 nitrogen and oxygen atoms in total. The van der Waals surface area contributed by atoms with Gasteiger partial charge in [-0.05, 0) is 70.3 Å². The maximum atomic E-state index is 5.36. The Morgan fingerprint density at radius 1 is 0.696 bits per heavy atom. The van der Waals surface area contributed by atoms with Gasteiger partial charge in [-0.3, -0.25) is 9.13 Å². The molecule has 0 spiro atoms. The van der Waals surface area contributed by atoms with Crippen molar-refractivity contribution in [1.82, 2.24) is 24.1 Å². The van der Waals surface area contributed by atoms with Crippen molar-refractivity contribution in [1.29, 1.82) is 0 Å². The fourth-order valence-electron chi connectivity index (χ4n) is 6.70. The van der Waals surface area contributed by atoms with E-state index in [-0.39, 0.29) is 5.41 Å². The molecule has 232 valence electrons. The monoisotopic (exact) mass is 605 g/mol. The van der Waals surface area contributed by atoms with E-state index in [1.807, 2.05) is 12.3 Å². The van der Waals surface area contributed by atoms with Crippen LogP contribution >= 0.6 is 0 Å². The SMILES string of the molecule is CC(C)c1cccc(C(C)C)c1-n1cc(Cc2cc(C(C)(C)C)cc(-n3c4ccccc4c4ccccc43)n2)nc1-c1ccc[nH]1. The second-order valence-corrected chi connectivity index (χ2v) is 14.1. The van der Waals surface area contributed by atoms with E-state index in [1.54, 1.807) is 0 Å². The standard InChI is InChI=1S/C41H43N5/c1-26(2)31-16-12-17-32(27(3)4)39(31)45-25-30(44-40(45)35-18-13-21-42-35)24-29-22-28(41(5,6)7)23-38(43-29)46-36-19-10-8-14-33(36)34-15-9-11-20-37(34)46/h8-23,25-27,42H,24H2,1-7H3. The van der Waals surface area contributed by atoms with Crippen LogP contribution in [0.2, 0.25) is 0 Å². The highest BCUT2D eigenvalue weighted by atomic mass is 15.1. The molecule has 1 N–H and O–H groups in total. The average molecular weight is 606 g/mol. The van der Waals surface area contributed by atoms with E-state index in [0.29, 0.717) is 18.3 Å². The molecule has 0 unspecified atom stereocenters. The number of hydrogen-bond donors (Lipinski definition) is 1. The molecule has 0 aliphatic carbocycles. The molecule has 0 aliphatic rings. The van der Waals surface area contributed by atoms with Crippen molar-refractivity contribution in [3.63, 3.8) is 0 Å². The van der Waals surface area contributed by atoms with Gasteiger partial charge in [-0.25, -0.2) is 9.97 Å². The summed E-state index contributed by atoms with van der Waals surface area (Å²) >= 11 is 0. The van der Waals surface area contributed by atoms with Crippen molar-refractivity contribution < 1.29 is 0 Å². The third kappa shape index (κ3) is 5.24. The zero-order chi connectivity index (χ0) is 32.2. The first-order valence-corrected chi connectivity index (χ1v) is 16.5. The minimum Gasteiger partial charge on any atom is -0.359 e. The van der Waals surface area contributed by atoms with Crippen LogP contribution in [-0.4, -0.2) is 24.1 Å². The van der Waals surface area contributed by atoms with E-state index in [9.17, 15) is 0 Å². The number of rotatable bonds is 7. The number of nitrogens with zero attached hydrogens (tertiary/aromatic N) is 4. The lowest BCUT2D eigenvalue weighted by molar-refractivity contribution is 0.587. The molecule has 0 aliphatic heterocycles. The van der Waals surface area contributed by atoms with Crippen LogP contribution in [0.1, 0.15) is 88.4 Å². The van der Waals surface area contributed by atoms with E-state index in [0.717, 1.165) is 39.8 Å². The summed E-state index contributed by atoms with van der Waals surface area (Å²) in [7, 11) is 0. The number of pyridine rings is 1. The Bertz CT molecular complexity index is 2090. The molecule has 46 heavy (non-hydrogen) atoms. The number of H-pyrrole nitrogens is 1. The van der Waals surface area contributed by atoms with E-state index in [1.165, 1.54) is 33.2 Å². The molecular weight excluding hydrogens is 562 g/mol. The number of fused-ring (bicyclic) bond motifs is 3. The predicted molar refractivity (Wildman–Crippen MR) is 192 cm³/mol. The molecule has 0 saturated carbocycles. The topological polar surface area (TPSA) is 51.4 Å². The van der Waals surface area contributed by atoms with E-state index < -0.39 is 0 Å². The fraction of sp³-hybridized carbons (Fsp3) is 0.268. The Labute approximate surface area is 272 Å². The van der Waals surface area contributed by atoms with Crippen LogP contribution in [0, 0.1) is 0 Å². The van der Waals surface area contributed by atoms with E-state index in [4.69, 9.17) is 9.97 Å². The van der Waals surface area contributed by atoms with Gasteiger partial charge in [0, 0.05) is 35.3 Å². The van der Waals surface area contributed by atoms with Crippen LogP contribution in [0.3, 0.4) is 0 Å². The van der Waals surface area contributed by atoms with Gasteiger partial charge in [0.2, 0.25) is 0 Å².